The summed E-state index contributed by atoms with van der Waals surface area (Å²) in [5.41, 5.74) is 0.957. The zero-order valence-electron chi connectivity index (χ0n) is 12.8. The van der Waals surface area contributed by atoms with E-state index >= 15 is 0 Å². The maximum Gasteiger partial charge on any atom is 0.303 e. The summed E-state index contributed by atoms with van der Waals surface area (Å²) >= 11 is 0. The number of hydrogen-bond donors (Lipinski definition) is 0. The topological polar surface area (TPSA) is 61.8 Å². The quantitative estimate of drug-likeness (QED) is 0.816. The van der Waals surface area contributed by atoms with Crippen molar-refractivity contribution in [2.24, 2.45) is 0 Å². The molecular formula is C18H16O5. The van der Waals surface area contributed by atoms with Crippen molar-refractivity contribution in [3.8, 4) is 5.75 Å². The lowest BCUT2D eigenvalue weighted by Crippen LogP contribution is -2.55. The Hall–Kier alpha value is -2.66. The predicted molar refractivity (Wildman–Crippen MR) is 82.1 cm³/mol. The molecule has 0 amide bonds. The standard InChI is InChI=1S/C18H16O5/c1-12(19)22-17-16(20)14-10-6-7-11-15(14)23-18(17,21-2)13-8-4-3-5-9-13/h3-11,17H,1-2H3/t17-,18+/m0/s1. The van der Waals surface area contributed by atoms with Crippen molar-refractivity contribution in [1.82, 2.24) is 0 Å². The molecule has 1 heterocycles. The normalized spacial score (nSPS) is 22.9. The van der Waals surface area contributed by atoms with Crippen LogP contribution in [0.15, 0.2) is 54.6 Å². The summed E-state index contributed by atoms with van der Waals surface area (Å²) in [6.45, 7) is 1.25. The summed E-state index contributed by atoms with van der Waals surface area (Å²) in [6.07, 6.45) is -1.22. The second-order valence-electron chi connectivity index (χ2n) is 5.19. The van der Waals surface area contributed by atoms with Gasteiger partial charge in [-0.3, -0.25) is 9.59 Å². The smallest absolute Gasteiger partial charge is 0.303 e. The molecule has 0 N–H and O–H groups in total. The number of esters is 1. The van der Waals surface area contributed by atoms with Gasteiger partial charge in [0.1, 0.15) is 5.75 Å². The third-order valence-electron chi connectivity index (χ3n) is 3.76. The summed E-state index contributed by atoms with van der Waals surface area (Å²) < 4.78 is 16.9. The average Bonchev–Trinajstić information content (AvgIpc) is 2.58. The number of benzene rings is 2. The van der Waals surface area contributed by atoms with Crippen molar-refractivity contribution < 1.29 is 23.8 Å². The molecule has 2 atom stereocenters. The van der Waals surface area contributed by atoms with E-state index in [-0.39, 0.29) is 5.78 Å². The molecule has 1 aliphatic rings. The third kappa shape index (κ3) is 2.49. The van der Waals surface area contributed by atoms with E-state index in [9.17, 15) is 9.59 Å². The van der Waals surface area contributed by atoms with Crippen LogP contribution in [0.4, 0.5) is 0 Å². The fraction of sp³-hybridized carbons (Fsp3) is 0.222. The first-order valence-corrected chi connectivity index (χ1v) is 7.18. The van der Waals surface area contributed by atoms with Crippen LogP contribution in [-0.2, 0) is 20.1 Å². The number of hydrogen-bond acceptors (Lipinski definition) is 5. The van der Waals surface area contributed by atoms with E-state index in [4.69, 9.17) is 14.2 Å². The Morgan fingerprint density at radius 1 is 1.09 bits per heavy atom. The fourth-order valence-corrected chi connectivity index (χ4v) is 2.73. The van der Waals surface area contributed by atoms with E-state index in [2.05, 4.69) is 0 Å². The maximum atomic E-state index is 12.9. The largest absolute Gasteiger partial charge is 0.453 e. The number of para-hydroxylation sites is 1. The lowest BCUT2D eigenvalue weighted by atomic mass is 9.90. The first kappa shape index (κ1) is 15.2. The Morgan fingerprint density at radius 2 is 1.74 bits per heavy atom. The van der Waals surface area contributed by atoms with E-state index < -0.39 is 17.9 Å². The van der Waals surface area contributed by atoms with E-state index in [1.165, 1.54) is 14.0 Å². The van der Waals surface area contributed by atoms with Gasteiger partial charge >= 0.3 is 5.97 Å². The Kier molecular flexibility index (Phi) is 3.88. The van der Waals surface area contributed by atoms with Gasteiger partial charge in [-0.15, -0.1) is 0 Å². The molecule has 0 fully saturated rings. The van der Waals surface area contributed by atoms with Gasteiger partial charge in [0.2, 0.25) is 11.9 Å². The van der Waals surface area contributed by atoms with Gasteiger partial charge in [0.15, 0.2) is 0 Å². The van der Waals surface area contributed by atoms with Gasteiger partial charge in [-0.25, -0.2) is 0 Å². The first-order valence-electron chi connectivity index (χ1n) is 7.18. The Balaban J connectivity index is 2.19. The lowest BCUT2D eigenvalue weighted by molar-refractivity contribution is -0.233. The van der Waals surface area contributed by atoms with Gasteiger partial charge in [-0.2, -0.15) is 0 Å². The number of ketones is 1. The highest BCUT2D eigenvalue weighted by atomic mass is 16.7. The SMILES string of the molecule is CO[C@]1(c2ccccc2)Oc2ccccc2C(=O)[C@@H]1OC(C)=O. The first-order chi connectivity index (χ1) is 11.1. The van der Waals surface area contributed by atoms with Gasteiger partial charge in [0.05, 0.1) is 5.56 Å². The van der Waals surface area contributed by atoms with Crippen LogP contribution in [0.1, 0.15) is 22.8 Å². The van der Waals surface area contributed by atoms with Crippen LogP contribution in [-0.4, -0.2) is 25.0 Å². The molecule has 5 nitrogen and oxygen atoms in total. The highest BCUT2D eigenvalue weighted by Crippen LogP contribution is 2.41. The van der Waals surface area contributed by atoms with Crippen LogP contribution in [0.5, 0.6) is 5.75 Å². The molecular weight excluding hydrogens is 296 g/mol. The minimum Gasteiger partial charge on any atom is -0.453 e. The Morgan fingerprint density at radius 3 is 2.39 bits per heavy atom. The zero-order chi connectivity index (χ0) is 16.4. The molecule has 2 aromatic rings. The maximum absolute atomic E-state index is 12.9. The number of Topliss-reactive ketones (excluding diaryl/α,β-unsaturated/α-hetero) is 1. The highest BCUT2D eigenvalue weighted by Gasteiger charge is 2.54. The minimum atomic E-state index is -1.52. The predicted octanol–water partition coefficient (Wildman–Crippen LogP) is 2.69. The van der Waals surface area contributed by atoms with Crippen molar-refractivity contribution in [3.63, 3.8) is 0 Å². The summed E-state index contributed by atoms with van der Waals surface area (Å²) in [5.74, 6) is -2.05. The molecule has 0 aliphatic carbocycles. The molecule has 5 heteroatoms. The summed E-state index contributed by atoms with van der Waals surface area (Å²) in [7, 11) is 1.42. The molecule has 0 radical (unpaired) electrons. The number of carbonyl (C=O) groups is 2. The molecule has 1 aliphatic heterocycles. The molecule has 2 aromatic carbocycles. The van der Waals surface area contributed by atoms with Crippen LogP contribution in [0.2, 0.25) is 0 Å². The molecule has 0 spiro atoms. The minimum absolute atomic E-state index is 0.354. The van der Waals surface area contributed by atoms with Crippen LogP contribution < -0.4 is 4.74 Å². The van der Waals surface area contributed by atoms with Crippen molar-refractivity contribution in [2.75, 3.05) is 7.11 Å². The second-order valence-corrected chi connectivity index (χ2v) is 5.19. The van der Waals surface area contributed by atoms with Crippen LogP contribution in [0, 0.1) is 0 Å². The van der Waals surface area contributed by atoms with Gasteiger partial charge in [-0.1, -0.05) is 42.5 Å². The second kappa shape index (κ2) is 5.85. The van der Waals surface area contributed by atoms with Crippen LogP contribution in [0.25, 0.3) is 0 Å². The van der Waals surface area contributed by atoms with Crippen molar-refractivity contribution in [1.29, 1.82) is 0 Å². The van der Waals surface area contributed by atoms with E-state index in [0.717, 1.165) is 0 Å². The van der Waals surface area contributed by atoms with Crippen molar-refractivity contribution >= 4 is 11.8 Å². The van der Waals surface area contributed by atoms with Gasteiger partial charge in [0, 0.05) is 19.6 Å². The number of fused-ring (bicyclic) bond motifs is 1. The third-order valence-corrected chi connectivity index (χ3v) is 3.76. The lowest BCUT2D eigenvalue weighted by Gasteiger charge is -2.41. The fourth-order valence-electron chi connectivity index (χ4n) is 2.73. The van der Waals surface area contributed by atoms with E-state index in [1.807, 2.05) is 6.07 Å². The monoisotopic (exact) mass is 312 g/mol. The summed E-state index contributed by atoms with van der Waals surface area (Å²) in [5, 5.41) is 0. The average molecular weight is 312 g/mol. The van der Waals surface area contributed by atoms with Crippen molar-refractivity contribution in [2.45, 2.75) is 18.8 Å². The van der Waals surface area contributed by atoms with E-state index in [1.54, 1.807) is 48.5 Å². The van der Waals surface area contributed by atoms with Gasteiger partial charge in [0.25, 0.3) is 5.79 Å². The van der Waals surface area contributed by atoms with Crippen LogP contribution >= 0.6 is 0 Å². The molecule has 0 unspecified atom stereocenters. The molecule has 23 heavy (non-hydrogen) atoms. The molecule has 0 saturated heterocycles. The summed E-state index contributed by atoms with van der Waals surface area (Å²) in [6, 6.07) is 15.8. The molecule has 3 rings (SSSR count). The number of methoxy groups -OCH3 is 1. The molecule has 0 saturated carbocycles. The Labute approximate surface area is 133 Å². The summed E-state index contributed by atoms with van der Waals surface area (Å²) in [4.78, 5) is 24.4. The van der Waals surface area contributed by atoms with E-state index in [0.29, 0.717) is 16.9 Å². The number of ether oxygens (including phenoxy) is 3. The molecule has 0 aromatic heterocycles. The zero-order valence-corrected chi connectivity index (χ0v) is 12.8. The molecule has 0 bridgehead atoms. The van der Waals surface area contributed by atoms with Crippen LogP contribution in [0.3, 0.4) is 0 Å². The van der Waals surface area contributed by atoms with Gasteiger partial charge < -0.3 is 14.2 Å². The number of rotatable bonds is 3. The Bertz CT molecular complexity index is 740. The molecule has 118 valence electrons. The van der Waals surface area contributed by atoms with Gasteiger partial charge in [-0.05, 0) is 12.1 Å². The number of carbonyl (C=O) groups excluding carboxylic acids is 2. The van der Waals surface area contributed by atoms with Crippen molar-refractivity contribution in [3.05, 3.63) is 65.7 Å². The highest BCUT2D eigenvalue weighted by molar-refractivity contribution is 6.04.